The van der Waals surface area contributed by atoms with E-state index in [1.165, 1.54) is 23.5 Å². The van der Waals surface area contributed by atoms with Crippen molar-refractivity contribution in [3.05, 3.63) is 35.1 Å². The van der Waals surface area contributed by atoms with Crippen LogP contribution in [0, 0.1) is 5.82 Å². The second-order valence-electron chi connectivity index (χ2n) is 4.26. The molecule has 0 aliphatic carbocycles. The van der Waals surface area contributed by atoms with E-state index in [1.54, 1.807) is 6.07 Å². The van der Waals surface area contributed by atoms with Gasteiger partial charge in [-0.15, -0.1) is 10.2 Å². The molecule has 0 saturated heterocycles. The molecule has 6 heteroatoms. The lowest BCUT2D eigenvalue weighted by molar-refractivity contribution is 0.627. The van der Waals surface area contributed by atoms with Crippen LogP contribution >= 0.6 is 11.3 Å². The van der Waals surface area contributed by atoms with Crippen LogP contribution < -0.4 is 10.2 Å². The van der Waals surface area contributed by atoms with Crippen LogP contribution in [0.15, 0.2) is 24.3 Å². The number of rotatable bonds is 6. The smallest absolute Gasteiger partial charge is 0.205 e. The van der Waals surface area contributed by atoms with Crippen LogP contribution in [0.5, 0.6) is 0 Å². The van der Waals surface area contributed by atoms with Crippen LogP contribution in [-0.4, -0.2) is 23.8 Å². The minimum absolute atomic E-state index is 0.230. The van der Waals surface area contributed by atoms with Crippen molar-refractivity contribution in [2.45, 2.75) is 19.9 Å². The zero-order valence-electron chi connectivity index (χ0n) is 11.1. The normalized spacial score (nSPS) is 10.5. The summed E-state index contributed by atoms with van der Waals surface area (Å²) in [6.45, 7) is 3.62. The van der Waals surface area contributed by atoms with Gasteiger partial charge in [0.05, 0.1) is 6.54 Å². The average Bonchev–Trinajstić information content (AvgIpc) is 2.84. The number of anilines is 2. The second-order valence-corrected chi connectivity index (χ2v) is 5.33. The van der Waals surface area contributed by atoms with Crippen LogP contribution in [0.2, 0.25) is 0 Å². The van der Waals surface area contributed by atoms with Crippen molar-refractivity contribution in [3.8, 4) is 0 Å². The van der Waals surface area contributed by atoms with Crippen molar-refractivity contribution in [2.24, 2.45) is 0 Å². The fraction of sp³-hybridized carbons (Fsp3) is 0.385. The topological polar surface area (TPSA) is 41.1 Å². The van der Waals surface area contributed by atoms with Crippen LogP contribution in [0.25, 0.3) is 0 Å². The van der Waals surface area contributed by atoms with Gasteiger partial charge in [0, 0.05) is 19.3 Å². The van der Waals surface area contributed by atoms with Crippen LogP contribution in [0.1, 0.15) is 18.4 Å². The Kier molecular flexibility index (Phi) is 4.68. The van der Waals surface area contributed by atoms with Crippen molar-refractivity contribution in [3.63, 3.8) is 0 Å². The van der Waals surface area contributed by atoms with Crippen molar-refractivity contribution in [2.75, 3.05) is 23.8 Å². The SMILES string of the molecule is CCCNc1nnc(CN(C)c2cccc(F)c2)s1. The molecule has 0 unspecified atom stereocenters. The molecule has 1 aromatic carbocycles. The fourth-order valence-electron chi connectivity index (χ4n) is 1.63. The van der Waals surface area contributed by atoms with Gasteiger partial charge in [0.2, 0.25) is 5.13 Å². The van der Waals surface area contributed by atoms with E-state index in [4.69, 9.17) is 0 Å². The molecular formula is C13H17FN4S. The molecule has 19 heavy (non-hydrogen) atoms. The van der Waals surface area contributed by atoms with Crippen LogP contribution in [-0.2, 0) is 6.54 Å². The van der Waals surface area contributed by atoms with E-state index in [1.807, 2.05) is 18.0 Å². The molecule has 0 fully saturated rings. The molecule has 102 valence electrons. The molecule has 1 N–H and O–H groups in total. The van der Waals surface area contributed by atoms with Gasteiger partial charge in [0.15, 0.2) is 0 Å². The molecule has 0 aliphatic rings. The Morgan fingerprint density at radius 1 is 1.37 bits per heavy atom. The minimum Gasteiger partial charge on any atom is -0.368 e. The summed E-state index contributed by atoms with van der Waals surface area (Å²) < 4.78 is 13.1. The first-order valence-corrected chi connectivity index (χ1v) is 7.03. The average molecular weight is 280 g/mol. The number of halogens is 1. The molecule has 2 aromatic rings. The number of aromatic nitrogens is 2. The van der Waals surface area contributed by atoms with E-state index < -0.39 is 0 Å². The standard InChI is InChI=1S/C13H17FN4S/c1-3-7-15-13-17-16-12(19-13)9-18(2)11-6-4-5-10(14)8-11/h4-6,8H,3,7,9H2,1-2H3,(H,15,17). The molecule has 0 amide bonds. The predicted molar refractivity (Wildman–Crippen MR) is 77.2 cm³/mol. The van der Waals surface area contributed by atoms with Gasteiger partial charge < -0.3 is 10.2 Å². The van der Waals surface area contributed by atoms with E-state index >= 15 is 0 Å². The third-order valence-corrected chi connectivity index (χ3v) is 3.48. The molecule has 4 nitrogen and oxygen atoms in total. The molecule has 0 atom stereocenters. The predicted octanol–water partition coefficient (Wildman–Crippen LogP) is 3.14. The van der Waals surface area contributed by atoms with Gasteiger partial charge in [-0.2, -0.15) is 0 Å². The highest BCUT2D eigenvalue weighted by molar-refractivity contribution is 7.15. The van der Waals surface area contributed by atoms with E-state index in [2.05, 4.69) is 22.4 Å². The van der Waals surface area contributed by atoms with Gasteiger partial charge in [-0.1, -0.05) is 24.3 Å². The maximum Gasteiger partial charge on any atom is 0.205 e. The van der Waals surface area contributed by atoms with Crippen molar-refractivity contribution >= 4 is 22.2 Å². The van der Waals surface area contributed by atoms with E-state index in [9.17, 15) is 4.39 Å². The third kappa shape index (κ3) is 3.89. The number of hydrogen-bond donors (Lipinski definition) is 1. The largest absolute Gasteiger partial charge is 0.368 e. The lowest BCUT2D eigenvalue weighted by Gasteiger charge is -2.17. The first kappa shape index (κ1) is 13.7. The van der Waals surface area contributed by atoms with Crippen molar-refractivity contribution in [1.29, 1.82) is 0 Å². The summed E-state index contributed by atoms with van der Waals surface area (Å²) >= 11 is 1.53. The molecule has 0 saturated carbocycles. The Morgan fingerprint density at radius 3 is 2.95 bits per heavy atom. The molecule has 0 spiro atoms. The molecule has 2 rings (SSSR count). The Morgan fingerprint density at radius 2 is 2.21 bits per heavy atom. The number of benzene rings is 1. The van der Waals surface area contributed by atoms with Gasteiger partial charge in [-0.3, -0.25) is 0 Å². The van der Waals surface area contributed by atoms with Crippen molar-refractivity contribution < 1.29 is 4.39 Å². The minimum atomic E-state index is -0.230. The number of nitrogens with zero attached hydrogens (tertiary/aromatic N) is 3. The summed E-state index contributed by atoms with van der Waals surface area (Å²) in [6, 6.07) is 6.53. The van der Waals surface area contributed by atoms with Crippen molar-refractivity contribution in [1.82, 2.24) is 10.2 Å². The summed E-state index contributed by atoms with van der Waals surface area (Å²) in [6.07, 6.45) is 1.05. The van der Waals surface area contributed by atoms with Crippen LogP contribution in [0.4, 0.5) is 15.2 Å². The third-order valence-electron chi connectivity index (χ3n) is 2.61. The maximum atomic E-state index is 13.1. The lowest BCUT2D eigenvalue weighted by atomic mass is 10.3. The summed E-state index contributed by atoms with van der Waals surface area (Å²) in [5.74, 6) is -0.230. The Balaban J connectivity index is 1.98. The van der Waals surface area contributed by atoms with Gasteiger partial charge in [0.1, 0.15) is 10.8 Å². The Labute approximate surface area is 116 Å². The Bertz CT molecular complexity index is 529. The van der Waals surface area contributed by atoms with E-state index in [0.29, 0.717) is 6.54 Å². The molecule has 0 bridgehead atoms. The zero-order valence-corrected chi connectivity index (χ0v) is 11.9. The van der Waals surface area contributed by atoms with E-state index in [0.717, 1.165) is 28.8 Å². The van der Waals surface area contributed by atoms with Gasteiger partial charge in [0.25, 0.3) is 0 Å². The highest BCUT2D eigenvalue weighted by Gasteiger charge is 2.08. The zero-order chi connectivity index (χ0) is 13.7. The molecule has 0 radical (unpaired) electrons. The lowest BCUT2D eigenvalue weighted by Crippen LogP contribution is -2.16. The molecule has 0 aliphatic heterocycles. The van der Waals surface area contributed by atoms with Crippen LogP contribution in [0.3, 0.4) is 0 Å². The first-order chi connectivity index (χ1) is 9.19. The number of nitrogens with one attached hydrogen (secondary N) is 1. The summed E-state index contributed by atoms with van der Waals surface area (Å²) in [5.41, 5.74) is 0.832. The second kappa shape index (κ2) is 6.47. The van der Waals surface area contributed by atoms with Gasteiger partial charge in [-0.25, -0.2) is 4.39 Å². The molecular weight excluding hydrogens is 263 g/mol. The quantitative estimate of drug-likeness (QED) is 0.882. The van der Waals surface area contributed by atoms with E-state index in [-0.39, 0.29) is 5.82 Å². The van der Waals surface area contributed by atoms with Gasteiger partial charge in [-0.05, 0) is 24.6 Å². The first-order valence-electron chi connectivity index (χ1n) is 6.22. The number of hydrogen-bond acceptors (Lipinski definition) is 5. The molecule has 1 heterocycles. The highest BCUT2D eigenvalue weighted by Crippen LogP contribution is 2.20. The summed E-state index contributed by atoms with van der Waals surface area (Å²) in [5, 5.41) is 13.2. The highest BCUT2D eigenvalue weighted by atomic mass is 32.1. The summed E-state index contributed by atoms with van der Waals surface area (Å²) in [4.78, 5) is 1.95. The Hall–Kier alpha value is -1.69. The van der Waals surface area contributed by atoms with Gasteiger partial charge >= 0.3 is 0 Å². The summed E-state index contributed by atoms with van der Waals surface area (Å²) in [7, 11) is 1.91. The molecule has 1 aromatic heterocycles. The maximum absolute atomic E-state index is 13.1. The fourth-order valence-corrected chi connectivity index (χ4v) is 2.45. The monoisotopic (exact) mass is 280 g/mol.